The van der Waals surface area contributed by atoms with Crippen LogP contribution in [0.3, 0.4) is 0 Å². The van der Waals surface area contributed by atoms with Crippen molar-refractivity contribution in [2.45, 2.75) is 19.3 Å². The van der Waals surface area contributed by atoms with Crippen LogP contribution >= 0.6 is 0 Å². The molecule has 0 aliphatic heterocycles. The first-order chi connectivity index (χ1) is 9.28. The van der Waals surface area contributed by atoms with Crippen molar-refractivity contribution in [3.63, 3.8) is 0 Å². The lowest BCUT2D eigenvalue weighted by Crippen LogP contribution is -2.08. The third-order valence-electron chi connectivity index (χ3n) is 2.45. The molecule has 1 aromatic carbocycles. The van der Waals surface area contributed by atoms with E-state index in [-0.39, 0.29) is 30.9 Å². The molecule has 110 valence electrons. The molecule has 0 heterocycles. The van der Waals surface area contributed by atoms with Gasteiger partial charge in [0.15, 0.2) is 0 Å². The van der Waals surface area contributed by atoms with Crippen molar-refractivity contribution in [3.05, 3.63) is 39.9 Å². The Hall–Kier alpha value is -1.80. The number of nitro benzene ring substituents is 1. The average Bonchev–Trinajstić information content (AvgIpc) is 2.34. The number of benzene rings is 1. The van der Waals surface area contributed by atoms with Crippen LogP contribution in [0, 0.1) is 10.1 Å². The summed E-state index contributed by atoms with van der Waals surface area (Å²) in [5.74, 6) is -0.0732. The number of non-ortho nitro benzene ring substituents is 1. The Morgan fingerprint density at radius 1 is 1.30 bits per heavy atom. The predicted molar refractivity (Wildman–Crippen MR) is 71.8 cm³/mol. The lowest BCUT2D eigenvalue weighted by atomic mass is 10.1. The van der Waals surface area contributed by atoms with E-state index in [1.54, 1.807) is 0 Å². The van der Waals surface area contributed by atoms with Gasteiger partial charge in [-0.1, -0.05) is 12.1 Å². The molecule has 1 rings (SSSR count). The van der Waals surface area contributed by atoms with Crippen LogP contribution in [0.15, 0.2) is 24.3 Å². The average molecular weight is 301 g/mol. The summed E-state index contributed by atoms with van der Waals surface area (Å²) in [7, 11) is -3.47. The van der Waals surface area contributed by atoms with Gasteiger partial charge in [-0.2, -0.15) is 8.42 Å². The van der Waals surface area contributed by atoms with Gasteiger partial charge in [0.25, 0.3) is 15.8 Å². The molecule has 0 bridgehead atoms. The van der Waals surface area contributed by atoms with Crippen molar-refractivity contribution >= 4 is 21.6 Å². The first kappa shape index (κ1) is 16.3. The normalized spacial score (nSPS) is 11.2. The molecule has 0 unspecified atom stereocenters. The molecule has 0 saturated carbocycles. The number of nitro groups is 1. The summed E-state index contributed by atoms with van der Waals surface area (Å²) in [5.41, 5.74) is 0.660. The van der Waals surface area contributed by atoms with E-state index in [9.17, 15) is 23.3 Å². The Labute approximate surface area is 116 Å². The van der Waals surface area contributed by atoms with Crippen LogP contribution < -0.4 is 0 Å². The molecule has 20 heavy (non-hydrogen) atoms. The summed E-state index contributed by atoms with van der Waals surface area (Å²) in [6.45, 7) is -0.0230. The molecule has 0 aliphatic rings. The Morgan fingerprint density at radius 3 is 2.40 bits per heavy atom. The molecular weight excluding hydrogens is 286 g/mol. The van der Waals surface area contributed by atoms with Gasteiger partial charge in [0.2, 0.25) is 0 Å². The van der Waals surface area contributed by atoms with Gasteiger partial charge in [-0.3, -0.25) is 19.1 Å². The number of ketones is 1. The molecule has 0 saturated heterocycles. The summed E-state index contributed by atoms with van der Waals surface area (Å²) in [6, 6.07) is 5.75. The van der Waals surface area contributed by atoms with Crippen molar-refractivity contribution < 1.29 is 22.3 Å². The van der Waals surface area contributed by atoms with Gasteiger partial charge in [0, 0.05) is 25.0 Å². The zero-order valence-corrected chi connectivity index (χ0v) is 11.8. The van der Waals surface area contributed by atoms with Crippen molar-refractivity contribution in [2.24, 2.45) is 0 Å². The first-order valence-electron chi connectivity index (χ1n) is 5.87. The van der Waals surface area contributed by atoms with E-state index >= 15 is 0 Å². The van der Waals surface area contributed by atoms with Crippen LogP contribution in [0.5, 0.6) is 0 Å². The van der Waals surface area contributed by atoms with Crippen LogP contribution in [0.25, 0.3) is 0 Å². The number of Topliss-reactive ketones (excluding diaryl/α,β-unsaturated/α-hetero) is 1. The van der Waals surface area contributed by atoms with Crippen molar-refractivity contribution in [2.75, 3.05) is 12.9 Å². The van der Waals surface area contributed by atoms with E-state index in [0.29, 0.717) is 12.0 Å². The molecule has 0 fully saturated rings. The quantitative estimate of drug-likeness (QED) is 0.311. The maximum atomic E-state index is 11.6. The Kier molecular flexibility index (Phi) is 5.78. The number of carbonyl (C=O) groups is 1. The first-order valence-corrected chi connectivity index (χ1v) is 7.69. The minimum atomic E-state index is -3.47. The summed E-state index contributed by atoms with van der Waals surface area (Å²) < 4.78 is 25.9. The molecule has 0 aromatic heterocycles. The number of carbonyl (C=O) groups excluding carboxylic acids is 1. The van der Waals surface area contributed by atoms with Gasteiger partial charge in [-0.05, 0) is 12.0 Å². The largest absolute Gasteiger partial charge is 0.299 e. The van der Waals surface area contributed by atoms with Gasteiger partial charge in [0.05, 0.1) is 17.8 Å². The summed E-state index contributed by atoms with van der Waals surface area (Å²) >= 11 is 0. The second-order valence-corrected chi connectivity index (χ2v) is 5.91. The highest BCUT2D eigenvalue weighted by Crippen LogP contribution is 2.13. The third kappa shape index (κ3) is 6.39. The maximum Gasteiger partial charge on any atom is 0.269 e. The fourth-order valence-corrected chi connectivity index (χ4v) is 1.95. The van der Waals surface area contributed by atoms with Gasteiger partial charge in [-0.15, -0.1) is 0 Å². The molecule has 0 aliphatic carbocycles. The standard InChI is InChI=1S/C12H15NO6S/c1-20(17,18)19-8-2-3-12(14)9-10-4-6-11(7-5-10)13(15)16/h4-7H,2-3,8-9H2,1H3. The van der Waals surface area contributed by atoms with Crippen molar-refractivity contribution in [1.82, 2.24) is 0 Å². The van der Waals surface area contributed by atoms with Gasteiger partial charge >= 0.3 is 0 Å². The minimum absolute atomic E-state index is 0.0230. The predicted octanol–water partition coefficient (Wildman–Crippen LogP) is 1.46. The molecule has 0 spiro atoms. The lowest BCUT2D eigenvalue weighted by Gasteiger charge is -2.02. The molecule has 7 nitrogen and oxygen atoms in total. The fraction of sp³-hybridized carbons (Fsp3) is 0.417. The van der Waals surface area contributed by atoms with E-state index < -0.39 is 15.0 Å². The number of nitrogens with zero attached hydrogens (tertiary/aromatic N) is 1. The van der Waals surface area contributed by atoms with Gasteiger partial charge in [0.1, 0.15) is 5.78 Å². The molecule has 0 radical (unpaired) electrons. The fourth-order valence-electron chi connectivity index (χ4n) is 1.53. The lowest BCUT2D eigenvalue weighted by molar-refractivity contribution is -0.384. The van der Waals surface area contributed by atoms with Crippen LogP contribution in [-0.4, -0.2) is 32.0 Å². The number of hydrogen-bond acceptors (Lipinski definition) is 6. The van der Waals surface area contributed by atoms with Crippen LogP contribution in [-0.2, 0) is 25.5 Å². The van der Waals surface area contributed by atoms with Crippen molar-refractivity contribution in [1.29, 1.82) is 0 Å². The molecule has 0 amide bonds. The van der Waals surface area contributed by atoms with Crippen molar-refractivity contribution in [3.8, 4) is 0 Å². The highest BCUT2D eigenvalue weighted by atomic mass is 32.2. The zero-order valence-electron chi connectivity index (χ0n) is 10.9. The smallest absolute Gasteiger partial charge is 0.269 e. The van der Waals surface area contributed by atoms with E-state index in [2.05, 4.69) is 4.18 Å². The Bertz CT molecular complexity index is 578. The maximum absolute atomic E-state index is 11.6. The van der Waals surface area contributed by atoms with Crippen LogP contribution in [0.4, 0.5) is 5.69 Å². The van der Waals surface area contributed by atoms with E-state index in [1.165, 1.54) is 24.3 Å². The molecule has 1 aromatic rings. The van der Waals surface area contributed by atoms with E-state index in [0.717, 1.165) is 6.26 Å². The zero-order chi connectivity index (χ0) is 15.2. The molecule has 8 heteroatoms. The summed E-state index contributed by atoms with van der Waals surface area (Å²) in [5, 5.41) is 10.5. The molecule has 0 atom stereocenters. The molecular formula is C12H15NO6S. The van der Waals surface area contributed by atoms with E-state index in [1.807, 2.05) is 0 Å². The van der Waals surface area contributed by atoms with Gasteiger partial charge < -0.3 is 0 Å². The van der Waals surface area contributed by atoms with Crippen LogP contribution in [0.1, 0.15) is 18.4 Å². The Morgan fingerprint density at radius 2 is 1.90 bits per heavy atom. The summed E-state index contributed by atoms with van der Waals surface area (Å²) in [6.07, 6.45) is 1.63. The number of rotatable bonds is 8. The monoisotopic (exact) mass is 301 g/mol. The number of hydrogen-bond donors (Lipinski definition) is 0. The highest BCUT2D eigenvalue weighted by Gasteiger charge is 2.08. The van der Waals surface area contributed by atoms with Crippen LogP contribution in [0.2, 0.25) is 0 Å². The SMILES string of the molecule is CS(=O)(=O)OCCCC(=O)Cc1ccc([N+](=O)[O-])cc1. The van der Waals surface area contributed by atoms with Gasteiger partial charge in [-0.25, -0.2) is 0 Å². The second kappa shape index (κ2) is 7.11. The molecule has 0 N–H and O–H groups in total. The highest BCUT2D eigenvalue weighted by molar-refractivity contribution is 7.85. The second-order valence-electron chi connectivity index (χ2n) is 4.27. The third-order valence-corrected chi connectivity index (χ3v) is 3.04. The Balaban J connectivity index is 2.37. The van der Waals surface area contributed by atoms with E-state index in [4.69, 9.17) is 0 Å². The topological polar surface area (TPSA) is 104 Å². The summed E-state index contributed by atoms with van der Waals surface area (Å²) in [4.78, 5) is 21.6. The minimum Gasteiger partial charge on any atom is -0.299 e.